The number of likely N-dealkylation sites (tertiary alicyclic amines) is 1. The van der Waals surface area contributed by atoms with E-state index in [4.69, 9.17) is 4.98 Å². The van der Waals surface area contributed by atoms with Gasteiger partial charge in [-0.3, -0.25) is 0 Å². The lowest BCUT2D eigenvalue weighted by Crippen LogP contribution is -2.31. The fourth-order valence-electron chi connectivity index (χ4n) is 2.89. The van der Waals surface area contributed by atoms with Crippen molar-refractivity contribution < 1.29 is 0 Å². The van der Waals surface area contributed by atoms with Gasteiger partial charge < -0.3 is 9.47 Å². The summed E-state index contributed by atoms with van der Waals surface area (Å²) in [6, 6.07) is 2.03. The number of aromatic nitrogens is 4. The summed E-state index contributed by atoms with van der Waals surface area (Å²) in [6.07, 6.45) is 6.07. The van der Waals surface area contributed by atoms with Gasteiger partial charge >= 0.3 is 0 Å². The predicted octanol–water partition coefficient (Wildman–Crippen LogP) is 1.99. The third kappa shape index (κ3) is 2.58. The Bertz CT molecular complexity index is 604. The summed E-state index contributed by atoms with van der Waals surface area (Å²) in [6.45, 7) is 4.27. The van der Waals surface area contributed by atoms with Gasteiger partial charge in [-0.05, 0) is 39.4 Å². The highest BCUT2D eigenvalue weighted by Crippen LogP contribution is 2.26. The van der Waals surface area contributed by atoms with Crippen LogP contribution in [-0.4, -0.2) is 44.6 Å². The minimum Gasteiger partial charge on any atom is -0.332 e. The fraction of sp³-hybridized carbons (Fsp3) is 0.533. The fourth-order valence-corrected chi connectivity index (χ4v) is 2.89. The van der Waals surface area contributed by atoms with E-state index in [9.17, 15) is 0 Å². The second-order valence-corrected chi connectivity index (χ2v) is 5.74. The number of hydrogen-bond acceptors (Lipinski definition) is 4. The molecule has 5 nitrogen and oxygen atoms in total. The highest BCUT2D eigenvalue weighted by atomic mass is 15.1. The second kappa shape index (κ2) is 5.32. The van der Waals surface area contributed by atoms with Gasteiger partial charge in [0.05, 0.1) is 23.9 Å². The van der Waals surface area contributed by atoms with Gasteiger partial charge in [-0.2, -0.15) is 0 Å². The molecule has 5 heteroatoms. The van der Waals surface area contributed by atoms with Gasteiger partial charge in [-0.25, -0.2) is 15.0 Å². The Hall–Kier alpha value is -1.75. The molecule has 2 aromatic rings. The number of imidazole rings is 1. The van der Waals surface area contributed by atoms with Crippen molar-refractivity contribution in [2.24, 2.45) is 7.05 Å². The SMILES string of the molecule is Cc1cc(-c2cncn2C)nc([C@@H]2CCCN(C)C2)n1. The van der Waals surface area contributed by atoms with Gasteiger partial charge in [0, 0.05) is 25.2 Å². The molecular weight excluding hydrogens is 250 g/mol. The van der Waals surface area contributed by atoms with E-state index in [0.29, 0.717) is 5.92 Å². The van der Waals surface area contributed by atoms with Crippen LogP contribution in [0.15, 0.2) is 18.6 Å². The van der Waals surface area contributed by atoms with Crippen LogP contribution < -0.4 is 0 Å². The first-order valence-corrected chi connectivity index (χ1v) is 7.14. The Morgan fingerprint density at radius 3 is 2.80 bits per heavy atom. The Balaban J connectivity index is 1.96. The average Bonchev–Trinajstić information content (AvgIpc) is 2.84. The van der Waals surface area contributed by atoms with Gasteiger partial charge in [0.1, 0.15) is 5.82 Å². The summed E-state index contributed by atoms with van der Waals surface area (Å²) in [4.78, 5) is 16.0. The predicted molar refractivity (Wildman–Crippen MR) is 78.4 cm³/mol. The highest BCUT2D eigenvalue weighted by Gasteiger charge is 2.22. The number of likely N-dealkylation sites (N-methyl/N-ethyl adjacent to an activating group) is 1. The molecule has 3 heterocycles. The standard InChI is InChI=1S/C15H21N5/c1-11-7-13(14-8-16-10-20(14)3)18-15(17-11)12-5-4-6-19(2)9-12/h7-8,10,12H,4-6,9H2,1-3H3/t12-/m1/s1. The quantitative estimate of drug-likeness (QED) is 0.838. The summed E-state index contributed by atoms with van der Waals surface area (Å²) in [7, 11) is 4.16. The zero-order valence-electron chi connectivity index (χ0n) is 12.4. The Kier molecular flexibility index (Phi) is 3.53. The van der Waals surface area contributed by atoms with Crippen molar-refractivity contribution in [2.75, 3.05) is 20.1 Å². The van der Waals surface area contributed by atoms with Crippen LogP contribution in [0.1, 0.15) is 30.3 Å². The smallest absolute Gasteiger partial charge is 0.133 e. The maximum absolute atomic E-state index is 4.80. The molecule has 106 valence electrons. The van der Waals surface area contributed by atoms with Crippen LogP contribution in [-0.2, 0) is 7.05 Å². The molecule has 0 N–H and O–H groups in total. The van der Waals surface area contributed by atoms with Crippen molar-refractivity contribution in [3.63, 3.8) is 0 Å². The molecule has 1 atom stereocenters. The van der Waals surface area contributed by atoms with E-state index in [1.54, 1.807) is 6.33 Å². The van der Waals surface area contributed by atoms with Gasteiger partial charge in [-0.15, -0.1) is 0 Å². The molecule has 3 rings (SSSR count). The number of piperidine rings is 1. The average molecular weight is 271 g/mol. The molecule has 0 spiro atoms. The van der Waals surface area contributed by atoms with Gasteiger partial charge in [0.2, 0.25) is 0 Å². The second-order valence-electron chi connectivity index (χ2n) is 5.74. The Morgan fingerprint density at radius 2 is 2.10 bits per heavy atom. The van der Waals surface area contributed by atoms with Crippen LogP contribution in [0.5, 0.6) is 0 Å². The Morgan fingerprint density at radius 1 is 1.25 bits per heavy atom. The van der Waals surface area contributed by atoms with Crippen molar-refractivity contribution in [1.82, 2.24) is 24.4 Å². The molecule has 0 amide bonds. The molecule has 1 aliphatic heterocycles. The summed E-state index contributed by atoms with van der Waals surface area (Å²) in [5.41, 5.74) is 3.04. The van der Waals surface area contributed by atoms with E-state index >= 15 is 0 Å². The van der Waals surface area contributed by atoms with E-state index in [0.717, 1.165) is 29.5 Å². The first kappa shape index (κ1) is 13.2. The van der Waals surface area contributed by atoms with E-state index < -0.39 is 0 Å². The summed E-state index contributed by atoms with van der Waals surface area (Å²) in [5, 5.41) is 0. The third-order valence-electron chi connectivity index (χ3n) is 3.94. The van der Waals surface area contributed by atoms with Gasteiger partial charge in [-0.1, -0.05) is 0 Å². The molecule has 20 heavy (non-hydrogen) atoms. The van der Waals surface area contributed by atoms with Crippen molar-refractivity contribution in [3.05, 3.63) is 30.1 Å². The normalized spacial score (nSPS) is 20.2. The molecule has 0 unspecified atom stereocenters. The summed E-state index contributed by atoms with van der Waals surface area (Å²) < 4.78 is 2.00. The van der Waals surface area contributed by atoms with Crippen LogP contribution in [0.25, 0.3) is 11.4 Å². The van der Waals surface area contributed by atoms with Crippen LogP contribution in [0.4, 0.5) is 0 Å². The molecule has 0 radical (unpaired) electrons. The minimum absolute atomic E-state index is 0.445. The third-order valence-corrected chi connectivity index (χ3v) is 3.94. The number of rotatable bonds is 2. The molecule has 1 fully saturated rings. The topological polar surface area (TPSA) is 46.8 Å². The summed E-state index contributed by atoms with van der Waals surface area (Å²) in [5.74, 6) is 1.42. The molecule has 1 saturated heterocycles. The van der Waals surface area contributed by atoms with Crippen molar-refractivity contribution >= 4 is 0 Å². The van der Waals surface area contributed by atoms with Crippen LogP contribution >= 0.6 is 0 Å². The lowest BCUT2D eigenvalue weighted by molar-refractivity contribution is 0.246. The molecule has 0 aliphatic carbocycles. The lowest BCUT2D eigenvalue weighted by Gasteiger charge is -2.28. The monoisotopic (exact) mass is 271 g/mol. The molecule has 0 bridgehead atoms. The highest BCUT2D eigenvalue weighted by molar-refractivity contribution is 5.54. The largest absolute Gasteiger partial charge is 0.332 e. The van der Waals surface area contributed by atoms with Crippen LogP contribution in [0, 0.1) is 6.92 Å². The number of nitrogens with zero attached hydrogens (tertiary/aromatic N) is 5. The van der Waals surface area contributed by atoms with E-state index in [2.05, 4.69) is 21.9 Å². The number of aryl methyl sites for hydroxylation is 2. The molecule has 0 saturated carbocycles. The molecule has 2 aromatic heterocycles. The van der Waals surface area contributed by atoms with E-state index in [1.165, 1.54) is 19.4 Å². The van der Waals surface area contributed by atoms with Gasteiger partial charge in [0.15, 0.2) is 0 Å². The molecule has 0 aromatic carbocycles. The first-order valence-electron chi connectivity index (χ1n) is 7.14. The van der Waals surface area contributed by atoms with Crippen LogP contribution in [0.2, 0.25) is 0 Å². The van der Waals surface area contributed by atoms with Crippen molar-refractivity contribution in [2.45, 2.75) is 25.7 Å². The zero-order valence-corrected chi connectivity index (χ0v) is 12.4. The Labute approximate surface area is 119 Å². The van der Waals surface area contributed by atoms with E-state index in [1.807, 2.05) is 30.8 Å². The van der Waals surface area contributed by atoms with Crippen molar-refractivity contribution in [3.8, 4) is 11.4 Å². The van der Waals surface area contributed by atoms with Crippen LogP contribution in [0.3, 0.4) is 0 Å². The van der Waals surface area contributed by atoms with E-state index in [-0.39, 0.29) is 0 Å². The lowest BCUT2D eigenvalue weighted by atomic mass is 9.97. The first-order chi connectivity index (χ1) is 9.63. The maximum Gasteiger partial charge on any atom is 0.133 e. The minimum atomic E-state index is 0.445. The van der Waals surface area contributed by atoms with Gasteiger partial charge in [0.25, 0.3) is 0 Å². The summed E-state index contributed by atoms with van der Waals surface area (Å²) >= 11 is 0. The van der Waals surface area contributed by atoms with Crippen molar-refractivity contribution in [1.29, 1.82) is 0 Å². The zero-order chi connectivity index (χ0) is 14.1. The molecule has 1 aliphatic rings. The maximum atomic E-state index is 4.80. The number of hydrogen-bond donors (Lipinski definition) is 0. The molecular formula is C15H21N5.